The van der Waals surface area contributed by atoms with E-state index in [1.165, 1.54) is 0 Å². The molecule has 0 saturated carbocycles. The Hall–Kier alpha value is -1.80. The summed E-state index contributed by atoms with van der Waals surface area (Å²) in [6.07, 6.45) is 5.63. The number of anilines is 1. The SMILES string of the molecule is CC1CCN(C(=O)[C@H]2CCCN(c3ncc(C#N)cc3Cl)C2)CC1. The van der Waals surface area contributed by atoms with Gasteiger partial charge in [-0.05, 0) is 37.7 Å². The van der Waals surface area contributed by atoms with Crippen molar-refractivity contribution in [1.29, 1.82) is 5.26 Å². The van der Waals surface area contributed by atoms with Gasteiger partial charge in [0, 0.05) is 32.4 Å². The number of hydrogen-bond acceptors (Lipinski definition) is 4. The van der Waals surface area contributed by atoms with E-state index in [9.17, 15) is 4.79 Å². The number of piperidine rings is 2. The van der Waals surface area contributed by atoms with Crippen LogP contribution in [0.25, 0.3) is 0 Å². The summed E-state index contributed by atoms with van der Waals surface area (Å²) >= 11 is 6.28. The monoisotopic (exact) mass is 346 g/mol. The lowest BCUT2D eigenvalue weighted by atomic mass is 9.93. The van der Waals surface area contributed by atoms with Crippen LogP contribution in [0.5, 0.6) is 0 Å². The first-order valence-corrected chi connectivity index (χ1v) is 9.05. The van der Waals surface area contributed by atoms with Gasteiger partial charge < -0.3 is 9.80 Å². The van der Waals surface area contributed by atoms with Gasteiger partial charge in [0.25, 0.3) is 0 Å². The largest absolute Gasteiger partial charge is 0.355 e. The summed E-state index contributed by atoms with van der Waals surface area (Å²) in [4.78, 5) is 21.3. The van der Waals surface area contributed by atoms with Crippen molar-refractivity contribution >= 4 is 23.3 Å². The fourth-order valence-corrected chi connectivity index (χ4v) is 3.87. The van der Waals surface area contributed by atoms with Crippen LogP contribution in [0.15, 0.2) is 12.3 Å². The minimum Gasteiger partial charge on any atom is -0.355 e. The maximum absolute atomic E-state index is 12.8. The van der Waals surface area contributed by atoms with E-state index in [2.05, 4.69) is 16.8 Å². The molecule has 2 fully saturated rings. The number of rotatable bonds is 2. The molecule has 2 aliphatic heterocycles. The van der Waals surface area contributed by atoms with Crippen molar-refractivity contribution in [2.75, 3.05) is 31.1 Å². The van der Waals surface area contributed by atoms with Gasteiger partial charge in [-0.1, -0.05) is 18.5 Å². The van der Waals surface area contributed by atoms with E-state index in [0.29, 0.717) is 22.9 Å². The first kappa shape index (κ1) is 17.0. The zero-order chi connectivity index (χ0) is 17.1. The molecule has 1 aromatic heterocycles. The molecule has 1 atom stereocenters. The number of aromatic nitrogens is 1. The Labute approximate surface area is 148 Å². The third-order valence-electron chi connectivity index (χ3n) is 5.12. The third-order valence-corrected chi connectivity index (χ3v) is 5.39. The summed E-state index contributed by atoms with van der Waals surface area (Å²) in [5.41, 5.74) is 0.454. The van der Waals surface area contributed by atoms with E-state index in [1.54, 1.807) is 12.3 Å². The highest BCUT2D eigenvalue weighted by Crippen LogP contribution is 2.29. The molecule has 3 rings (SSSR count). The first-order valence-electron chi connectivity index (χ1n) is 8.68. The summed E-state index contributed by atoms with van der Waals surface area (Å²) in [5, 5.41) is 9.41. The Balaban J connectivity index is 1.68. The van der Waals surface area contributed by atoms with Gasteiger partial charge in [0.05, 0.1) is 16.5 Å². The molecule has 0 N–H and O–H groups in total. The van der Waals surface area contributed by atoms with Crippen molar-refractivity contribution in [1.82, 2.24) is 9.88 Å². The maximum atomic E-state index is 12.8. The normalized spacial score (nSPS) is 22.3. The molecule has 2 aliphatic rings. The molecule has 0 bridgehead atoms. The zero-order valence-electron chi connectivity index (χ0n) is 14.0. The number of pyridine rings is 1. The van der Waals surface area contributed by atoms with Gasteiger partial charge in [-0.15, -0.1) is 0 Å². The highest BCUT2D eigenvalue weighted by molar-refractivity contribution is 6.33. The Bertz CT molecular complexity index is 649. The summed E-state index contributed by atoms with van der Waals surface area (Å²) in [6.45, 7) is 5.52. The topological polar surface area (TPSA) is 60.2 Å². The molecule has 1 amide bonds. The minimum atomic E-state index is 0.0145. The Morgan fingerprint density at radius 3 is 2.75 bits per heavy atom. The van der Waals surface area contributed by atoms with E-state index in [0.717, 1.165) is 51.2 Å². The summed E-state index contributed by atoms with van der Waals surface area (Å²) in [5.74, 6) is 1.69. The van der Waals surface area contributed by atoms with Crippen molar-refractivity contribution in [3.63, 3.8) is 0 Å². The van der Waals surface area contributed by atoms with Crippen molar-refractivity contribution in [3.8, 4) is 6.07 Å². The van der Waals surface area contributed by atoms with Crippen molar-refractivity contribution in [3.05, 3.63) is 22.8 Å². The number of hydrogen-bond donors (Lipinski definition) is 0. The molecule has 24 heavy (non-hydrogen) atoms. The lowest BCUT2D eigenvalue weighted by Crippen LogP contribution is -2.47. The predicted molar refractivity (Wildman–Crippen MR) is 93.9 cm³/mol. The summed E-state index contributed by atoms with van der Waals surface area (Å²) in [6, 6.07) is 3.69. The van der Waals surface area contributed by atoms with E-state index in [4.69, 9.17) is 16.9 Å². The standard InChI is InChI=1S/C18H23ClN4O/c1-13-4-7-22(8-5-13)18(24)15-3-2-6-23(12-15)17-16(19)9-14(10-20)11-21-17/h9,11,13,15H,2-8,12H2,1H3/t15-/m0/s1. The van der Waals surface area contributed by atoms with Gasteiger partial charge in [0.2, 0.25) is 5.91 Å². The van der Waals surface area contributed by atoms with Crippen molar-refractivity contribution in [2.24, 2.45) is 11.8 Å². The molecule has 6 heteroatoms. The molecule has 0 radical (unpaired) electrons. The number of nitriles is 1. The lowest BCUT2D eigenvalue weighted by molar-refractivity contribution is -0.137. The predicted octanol–water partition coefficient (Wildman–Crippen LogP) is 3.08. The Kier molecular flexibility index (Phi) is 5.25. The van der Waals surface area contributed by atoms with Crippen LogP contribution in [-0.4, -0.2) is 42.0 Å². The molecule has 0 aliphatic carbocycles. The molecule has 1 aromatic rings. The number of amides is 1. The van der Waals surface area contributed by atoms with Gasteiger partial charge in [0.15, 0.2) is 0 Å². The molecule has 128 valence electrons. The van der Waals surface area contributed by atoms with Crippen LogP contribution >= 0.6 is 11.6 Å². The fourth-order valence-electron chi connectivity index (χ4n) is 3.58. The highest BCUT2D eigenvalue weighted by atomic mass is 35.5. The Morgan fingerprint density at radius 2 is 2.08 bits per heavy atom. The van der Waals surface area contributed by atoms with E-state index < -0.39 is 0 Å². The van der Waals surface area contributed by atoms with Crippen LogP contribution in [-0.2, 0) is 4.79 Å². The van der Waals surface area contributed by atoms with Crippen LogP contribution in [0.2, 0.25) is 5.02 Å². The van der Waals surface area contributed by atoms with Crippen LogP contribution in [0.4, 0.5) is 5.82 Å². The lowest BCUT2D eigenvalue weighted by Gasteiger charge is -2.38. The third kappa shape index (κ3) is 3.64. The highest BCUT2D eigenvalue weighted by Gasteiger charge is 2.31. The summed E-state index contributed by atoms with van der Waals surface area (Å²) < 4.78 is 0. The smallest absolute Gasteiger partial charge is 0.227 e. The van der Waals surface area contributed by atoms with Gasteiger partial charge >= 0.3 is 0 Å². The fraction of sp³-hybridized carbons (Fsp3) is 0.611. The molecular formula is C18H23ClN4O. The van der Waals surface area contributed by atoms with Crippen molar-refractivity contribution in [2.45, 2.75) is 32.6 Å². The van der Waals surface area contributed by atoms with Gasteiger partial charge in [-0.2, -0.15) is 5.26 Å². The maximum Gasteiger partial charge on any atom is 0.227 e. The second-order valence-electron chi connectivity index (χ2n) is 6.93. The molecule has 0 unspecified atom stereocenters. The number of carbonyl (C=O) groups excluding carboxylic acids is 1. The van der Waals surface area contributed by atoms with E-state index in [1.807, 2.05) is 11.0 Å². The number of halogens is 1. The molecule has 0 aromatic carbocycles. The van der Waals surface area contributed by atoms with Gasteiger partial charge in [0.1, 0.15) is 11.9 Å². The average molecular weight is 347 g/mol. The molecule has 3 heterocycles. The quantitative estimate of drug-likeness (QED) is 0.825. The van der Waals surface area contributed by atoms with E-state index >= 15 is 0 Å². The number of carbonyl (C=O) groups is 1. The molecular weight excluding hydrogens is 324 g/mol. The van der Waals surface area contributed by atoms with Crippen LogP contribution in [0.3, 0.4) is 0 Å². The van der Waals surface area contributed by atoms with E-state index in [-0.39, 0.29) is 11.8 Å². The van der Waals surface area contributed by atoms with Crippen LogP contribution in [0.1, 0.15) is 38.2 Å². The zero-order valence-corrected chi connectivity index (χ0v) is 14.8. The second-order valence-corrected chi connectivity index (χ2v) is 7.34. The van der Waals surface area contributed by atoms with Crippen LogP contribution in [0, 0.1) is 23.2 Å². The average Bonchev–Trinajstić information content (AvgIpc) is 2.61. The second kappa shape index (κ2) is 7.40. The van der Waals surface area contributed by atoms with Crippen molar-refractivity contribution < 1.29 is 4.79 Å². The Morgan fingerprint density at radius 1 is 1.33 bits per heavy atom. The molecule has 0 spiro atoms. The molecule has 5 nitrogen and oxygen atoms in total. The molecule has 2 saturated heterocycles. The first-order chi connectivity index (χ1) is 11.6. The minimum absolute atomic E-state index is 0.0145. The number of likely N-dealkylation sites (tertiary alicyclic amines) is 1. The van der Waals surface area contributed by atoms with Crippen LogP contribution < -0.4 is 4.90 Å². The number of nitrogens with zero attached hydrogens (tertiary/aromatic N) is 4. The van der Waals surface area contributed by atoms with Gasteiger partial charge in [-0.3, -0.25) is 4.79 Å². The van der Waals surface area contributed by atoms with Gasteiger partial charge in [-0.25, -0.2) is 4.98 Å². The summed E-state index contributed by atoms with van der Waals surface area (Å²) in [7, 11) is 0.